The molecule has 0 bridgehead atoms. The Hall–Kier alpha value is -8.90. The third-order valence-corrected chi connectivity index (χ3v) is 19.3. The lowest BCUT2D eigenvalue weighted by molar-refractivity contribution is 1.09. The Morgan fingerprint density at radius 3 is 1.51 bits per heavy atom. The number of fused-ring (bicyclic) bond motifs is 12. The third-order valence-electron chi connectivity index (χ3n) is 14.4. The van der Waals surface area contributed by atoms with Crippen molar-refractivity contribution in [2.45, 2.75) is 0 Å². The van der Waals surface area contributed by atoms with E-state index in [-0.39, 0.29) is 0 Å². The van der Waals surface area contributed by atoms with Gasteiger partial charge in [-0.1, -0.05) is 206 Å². The summed E-state index contributed by atoms with van der Waals surface area (Å²) in [7, 11) is -2.97. The Kier molecular flexibility index (Phi) is 8.88. The number of nitrogens with zero attached hydrogens (tertiary/aromatic N) is 4. The molecule has 0 amide bonds. The van der Waals surface area contributed by atoms with Gasteiger partial charge in [0.15, 0.2) is 8.07 Å². The largest absolute Gasteiger partial charge is 0.309 e. The average molecular weight is 895 g/mol. The van der Waals surface area contributed by atoms with Crippen molar-refractivity contribution in [1.82, 2.24) is 14.5 Å². The fourth-order valence-electron chi connectivity index (χ4n) is 11.4. The van der Waals surface area contributed by atoms with Crippen LogP contribution in [-0.4, -0.2) is 22.6 Å². The Bertz CT molecular complexity index is 3870. The zero-order valence-electron chi connectivity index (χ0n) is 37.5. The summed E-state index contributed by atoms with van der Waals surface area (Å²) < 4.78 is 2.42. The zero-order valence-corrected chi connectivity index (χ0v) is 38.5. The predicted molar refractivity (Wildman–Crippen MR) is 289 cm³/mol. The molecule has 5 heteroatoms. The van der Waals surface area contributed by atoms with E-state index < -0.39 is 8.07 Å². The lowest BCUT2D eigenvalue weighted by Gasteiger charge is -2.42. The minimum Gasteiger partial charge on any atom is -0.309 e. The second-order valence-corrected chi connectivity index (χ2v) is 21.8. The van der Waals surface area contributed by atoms with E-state index in [0.29, 0.717) is 5.95 Å². The maximum absolute atomic E-state index is 5.42. The molecule has 4 nitrogen and oxygen atoms in total. The van der Waals surface area contributed by atoms with E-state index >= 15 is 0 Å². The van der Waals surface area contributed by atoms with Gasteiger partial charge >= 0.3 is 0 Å². The fraction of sp³-hybridized carbons (Fsp3) is 0. The molecule has 12 aromatic rings. The summed E-state index contributed by atoms with van der Waals surface area (Å²) in [6.07, 6.45) is 0. The van der Waals surface area contributed by atoms with Gasteiger partial charge in [0.2, 0.25) is 5.95 Å². The van der Waals surface area contributed by atoms with E-state index in [4.69, 9.17) is 9.97 Å². The van der Waals surface area contributed by atoms with E-state index in [1.54, 1.807) is 0 Å². The van der Waals surface area contributed by atoms with Crippen molar-refractivity contribution in [3.8, 4) is 61.6 Å². The van der Waals surface area contributed by atoms with Crippen molar-refractivity contribution in [3.63, 3.8) is 0 Å². The van der Waals surface area contributed by atoms with E-state index in [9.17, 15) is 0 Å². The summed E-state index contributed by atoms with van der Waals surface area (Å²) >= 11 is 0. The number of benzene rings is 10. The van der Waals surface area contributed by atoms with Gasteiger partial charge in [-0.2, -0.15) is 0 Å². The molecule has 322 valence electrons. The molecule has 4 heterocycles. The molecule has 0 atom stereocenters. The van der Waals surface area contributed by atoms with Crippen LogP contribution >= 0.6 is 0 Å². The van der Waals surface area contributed by atoms with Gasteiger partial charge in [-0.05, 0) is 103 Å². The van der Waals surface area contributed by atoms with Gasteiger partial charge in [-0.15, -0.1) is 0 Å². The van der Waals surface area contributed by atoms with Gasteiger partial charge in [-0.25, -0.2) is 9.97 Å². The quantitative estimate of drug-likeness (QED) is 0.156. The van der Waals surface area contributed by atoms with Gasteiger partial charge in [0.05, 0.1) is 22.4 Å². The van der Waals surface area contributed by atoms with Crippen molar-refractivity contribution >= 4 is 67.9 Å². The number of hydrogen-bond donors (Lipinski definition) is 0. The number of rotatable bonds is 6. The standard InChI is InChI=1S/C64H42N4Si/c1-4-19-43(20-5-1)46-25-18-26-49(39-46)67-56-29-12-10-27-50(56)53-40-47(36-38-57(53)67)48-35-37-52-51-28-11-15-32-60(51)69(63(52)41-48)61-33-16-13-30-58(61)68(59-31-14-17-34-62(59)69)64-65-54(44-21-6-2-7-22-44)42-55(66-64)45-23-8-3-9-24-45/h1-42H. The Morgan fingerprint density at radius 1 is 0.304 bits per heavy atom. The maximum Gasteiger partial charge on any atom is 0.235 e. The van der Waals surface area contributed by atoms with Crippen LogP contribution in [0.4, 0.5) is 17.3 Å². The molecule has 0 aliphatic carbocycles. The highest BCUT2D eigenvalue weighted by molar-refractivity contribution is 7.23. The molecule has 2 aliphatic heterocycles. The first-order valence-electron chi connectivity index (χ1n) is 23.7. The average Bonchev–Trinajstić information content (AvgIpc) is 3.92. The van der Waals surface area contributed by atoms with Crippen molar-refractivity contribution in [1.29, 1.82) is 0 Å². The van der Waals surface area contributed by atoms with Gasteiger partial charge in [-0.3, -0.25) is 4.90 Å². The minimum atomic E-state index is -2.97. The highest BCUT2D eigenvalue weighted by Gasteiger charge is 2.54. The molecule has 0 radical (unpaired) electrons. The molecule has 0 saturated heterocycles. The lowest BCUT2D eigenvalue weighted by Crippen LogP contribution is -2.75. The summed E-state index contributed by atoms with van der Waals surface area (Å²) in [4.78, 5) is 13.2. The second-order valence-electron chi connectivity index (χ2n) is 18.1. The van der Waals surface area contributed by atoms with Crippen molar-refractivity contribution in [3.05, 3.63) is 255 Å². The first-order chi connectivity index (χ1) is 34.2. The van der Waals surface area contributed by atoms with Gasteiger partial charge in [0.25, 0.3) is 0 Å². The van der Waals surface area contributed by atoms with Crippen LogP contribution in [0.5, 0.6) is 0 Å². The Balaban J connectivity index is 0.964. The molecule has 0 unspecified atom stereocenters. The molecule has 10 aromatic carbocycles. The van der Waals surface area contributed by atoms with Crippen LogP contribution in [0.3, 0.4) is 0 Å². The van der Waals surface area contributed by atoms with E-state index in [0.717, 1.165) is 39.6 Å². The van der Waals surface area contributed by atoms with Gasteiger partial charge in [0, 0.05) is 39.0 Å². The minimum absolute atomic E-state index is 0.651. The van der Waals surface area contributed by atoms with Crippen molar-refractivity contribution < 1.29 is 0 Å². The summed E-state index contributed by atoms with van der Waals surface area (Å²) in [5, 5.41) is 7.96. The second kappa shape index (κ2) is 15.6. The molecular weight excluding hydrogens is 853 g/mol. The molecule has 14 rings (SSSR count). The summed E-state index contributed by atoms with van der Waals surface area (Å²) in [5.74, 6) is 0.651. The SMILES string of the molecule is c1ccc(-c2cccc(-n3c4ccccc4c4cc(-c5ccc6c(c5)[Si]5(c7ccccc7-6)c6ccccc6N(c6nc(-c7ccccc7)cc(-c7ccccc7)n6)c6ccccc65)ccc43)c2)cc1. The Morgan fingerprint density at radius 2 is 0.812 bits per heavy atom. The predicted octanol–water partition coefficient (Wildman–Crippen LogP) is 13.4. The first kappa shape index (κ1) is 39.3. The highest BCUT2D eigenvalue weighted by atomic mass is 28.3. The first-order valence-corrected chi connectivity index (χ1v) is 25.7. The number of aromatic nitrogens is 3. The molecule has 0 saturated carbocycles. The molecule has 2 aromatic heterocycles. The van der Waals surface area contributed by atoms with E-state index in [1.807, 2.05) is 0 Å². The highest BCUT2D eigenvalue weighted by Crippen LogP contribution is 2.43. The van der Waals surface area contributed by atoms with Crippen LogP contribution in [0, 0.1) is 0 Å². The van der Waals surface area contributed by atoms with E-state index in [1.165, 1.54) is 75.9 Å². The van der Waals surface area contributed by atoms with Crippen LogP contribution in [0.25, 0.3) is 83.4 Å². The Labute approximate surface area is 401 Å². The van der Waals surface area contributed by atoms with Crippen LogP contribution in [-0.2, 0) is 0 Å². The maximum atomic E-state index is 5.42. The number of para-hydroxylation sites is 3. The lowest BCUT2D eigenvalue weighted by atomic mass is 9.99. The monoisotopic (exact) mass is 894 g/mol. The smallest absolute Gasteiger partial charge is 0.235 e. The van der Waals surface area contributed by atoms with Crippen LogP contribution < -0.4 is 25.6 Å². The molecule has 2 aliphatic rings. The van der Waals surface area contributed by atoms with E-state index in [2.05, 4.69) is 264 Å². The van der Waals surface area contributed by atoms with Crippen molar-refractivity contribution in [2.75, 3.05) is 4.90 Å². The third kappa shape index (κ3) is 6.01. The number of hydrogen-bond acceptors (Lipinski definition) is 3. The van der Waals surface area contributed by atoms with Crippen LogP contribution in [0.2, 0.25) is 0 Å². The molecule has 1 spiro atoms. The fourth-order valence-corrected chi connectivity index (χ4v) is 17.0. The molecule has 69 heavy (non-hydrogen) atoms. The number of anilines is 3. The topological polar surface area (TPSA) is 34.0 Å². The zero-order chi connectivity index (χ0) is 45.5. The van der Waals surface area contributed by atoms with Crippen LogP contribution in [0.1, 0.15) is 0 Å². The van der Waals surface area contributed by atoms with Crippen molar-refractivity contribution in [2.24, 2.45) is 0 Å². The summed E-state index contributed by atoms with van der Waals surface area (Å²) in [6.45, 7) is 0. The van der Waals surface area contributed by atoms with Gasteiger partial charge in [0.1, 0.15) is 0 Å². The van der Waals surface area contributed by atoms with Crippen LogP contribution in [0.15, 0.2) is 255 Å². The molecular formula is C64H42N4Si. The molecule has 0 fully saturated rings. The molecule has 0 N–H and O–H groups in total. The van der Waals surface area contributed by atoms with Gasteiger partial charge < -0.3 is 4.57 Å². The normalized spacial score (nSPS) is 13.0. The summed E-state index contributed by atoms with van der Waals surface area (Å²) in [6, 6.07) is 93.1. The summed E-state index contributed by atoms with van der Waals surface area (Å²) in [5.41, 5.74) is 17.1.